The molecule has 10 heteroatoms. The maximum Gasteiger partial charge on any atom is 0.417 e. The standard InChI is InChI=1S/C20H20F9P/c1-9-8-17(5,12(4)11(3)10(9)2)30-16-14(19(24,25)26)6-13(18(21,22)23)7-15(16)20(27,28)29/h6-7,30H,8H2,1-5H3. The molecule has 30 heavy (non-hydrogen) atoms. The minimum absolute atomic E-state index is 0.218. The van der Waals surface area contributed by atoms with Gasteiger partial charge in [-0.1, -0.05) is 26.7 Å². The van der Waals surface area contributed by atoms with Gasteiger partial charge in [-0.15, -0.1) is 0 Å². The number of hydrogen-bond acceptors (Lipinski definition) is 0. The van der Waals surface area contributed by atoms with Crippen molar-refractivity contribution in [2.24, 2.45) is 0 Å². The highest BCUT2D eigenvalue weighted by molar-refractivity contribution is 7.49. The third kappa shape index (κ3) is 4.71. The molecule has 0 N–H and O–H groups in total. The number of allylic oxidation sites excluding steroid dienone is 4. The van der Waals surface area contributed by atoms with Crippen molar-refractivity contribution in [2.75, 3.05) is 0 Å². The summed E-state index contributed by atoms with van der Waals surface area (Å²) < 4.78 is 121. The zero-order chi connectivity index (χ0) is 23.4. The number of rotatable bonds is 2. The fraction of sp³-hybridized carbons (Fsp3) is 0.500. The normalized spacial score (nSPS) is 21.9. The van der Waals surface area contributed by atoms with E-state index in [1.165, 1.54) is 0 Å². The van der Waals surface area contributed by atoms with E-state index in [4.69, 9.17) is 0 Å². The molecule has 0 saturated carbocycles. The largest absolute Gasteiger partial charge is 0.417 e. The van der Waals surface area contributed by atoms with Gasteiger partial charge in [0.25, 0.3) is 0 Å². The summed E-state index contributed by atoms with van der Waals surface area (Å²) in [4.78, 5) is 0. The van der Waals surface area contributed by atoms with Gasteiger partial charge in [0.15, 0.2) is 0 Å². The van der Waals surface area contributed by atoms with Crippen LogP contribution in [0, 0.1) is 0 Å². The van der Waals surface area contributed by atoms with E-state index in [-0.39, 0.29) is 18.6 Å². The lowest BCUT2D eigenvalue weighted by molar-refractivity contribution is -0.147. The first-order valence-electron chi connectivity index (χ1n) is 8.81. The maximum absolute atomic E-state index is 13.6. The van der Waals surface area contributed by atoms with Gasteiger partial charge in [0.1, 0.15) is 0 Å². The van der Waals surface area contributed by atoms with Crippen molar-refractivity contribution in [3.8, 4) is 0 Å². The number of benzene rings is 1. The summed E-state index contributed by atoms with van der Waals surface area (Å²) >= 11 is 0. The zero-order valence-corrected chi connectivity index (χ0v) is 17.8. The average Bonchev–Trinajstić information content (AvgIpc) is 2.55. The van der Waals surface area contributed by atoms with Crippen LogP contribution < -0.4 is 5.30 Å². The minimum Gasteiger partial charge on any atom is -0.166 e. The second-order valence-corrected chi connectivity index (χ2v) is 9.58. The Balaban J connectivity index is 2.82. The van der Waals surface area contributed by atoms with E-state index in [0.29, 0.717) is 5.57 Å². The van der Waals surface area contributed by atoms with Crippen molar-refractivity contribution in [3.05, 3.63) is 51.1 Å². The fourth-order valence-corrected chi connectivity index (χ4v) is 5.59. The summed E-state index contributed by atoms with van der Waals surface area (Å²) in [6.07, 6.45) is -15.9. The summed E-state index contributed by atoms with van der Waals surface area (Å²) in [7, 11) is -1.03. The fourth-order valence-electron chi connectivity index (χ4n) is 3.61. The lowest BCUT2D eigenvalue weighted by atomic mass is 9.81. The molecule has 1 aromatic rings. The van der Waals surface area contributed by atoms with Crippen LogP contribution in [0.4, 0.5) is 39.5 Å². The highest BCUT2D eigenvalue weighted by Crippen LogP contribution is 2.51. The van der Waals surface area contributed by atoms with Crippen molar-refractivity contribution in [3.63, 3.8) is 0 Å². The van der Waals surface area contributed by atoms with Crippen molar-refractivity contribution < 1.29 is 39.5 Å². The molecular weight excluding hydrogens is 442 g/mol. The average molecular weight is 462 g/mol. The molecule has 0 radical (unpaired) electrons. The molecule has 1 aliphatic carbocycles. The van der Waals surface area contributed by atoms with Gasteiger partial charge in [-0.3, -0.25) is 0 Å². The van der Waals surface area contributed by atoms with Crippen LogP contribution in [-0.2, 0) is 18.5 Å². The molecule has 0 aliphatic heterocycles. The molecule has 1 aromatic carbocycles. The van der Waals surface area contributed by atoms with Gasteiger partial charge in [0.2, 0.25) is 0 Å². The minimum atomic E-state index is -5.37. The molecule has 2 unspecified atom stereocenters. The summed E-state index contributed by atoms with van der Waals surface area (Å²) in [5.74, 6) is 0. The van der Waals surface area contributed by atoms with Crippen LogP contribution >= 0.6 is 8.58 Å². The number of hydrogen-bond donors (Lipinski definition) is 0. The molecule has 1 aliphatic rings. The monoisotopic (exact) mass is 462 g/mol. The quantitative estimate of drug-likeness (QED) is 0.310. The molecule has 0 aromatic heterocycles. The molecule has 2 rings (SSSR count). The van der Waals surface area contributed by atoms with Crippen molar-refractivity contribution in [1.29, 1.82) is 0 Å². The van der Waals surface area contributed by atoms with E-state index in [1.54, 1.807) is 27.7 Å². The highest BCUT2D eigenvalue weighted by atomic mass is 31.1. The zero-order valence-electron chi connectivity index (χ0n) is 16.8. The SMILES string of the molecule is CC1=C(C)C(C)=C(C)C(C)(Pc2c(C(F)(F)F)cc(C(F)(F)F)cc2C(F)(F)F)C1. The highest BCUT2D eigenvalue weighted by Gasteiger charge is 2.46. The lowest BCUT2D eigenvalue weighted by Gasteiger charge is -2.39. The first-order valence-corrected chi connectivity index (χ1v) is 9.81. The second-order valence-electron chi connectivity index (χ2n) is 7.73. The smallest absolute Gasteiger partial charge is 0.166 e. The van der Waals surface area contributed by atoms with E-state index in [1.807, 2.05) is 6.92 Å². The molecule has 0 spiro atoms. The molecule has 0 fully saturated rings. The molecule has 2 atom stereocenters. The molecular formula is C20H20F9P. The summed E-state index contributed by atoms with van der Waals surface area (Å²) in [6, 6.07) is -0.437. The Labute approximate surface area is 170 Å². The number of halogens is 9. The van der Waals surface area contributed by atoms with Gasteiger partial charge >= 0.3 is 18.5 Å². The second kappa shape index (κ2) is 7.57. The Morgan fingerprint density at radius 2 is 1.17 bits per heavy atom. The molecule has 0 saturated heterocycles. The maximum atomic E-state index is 13.6. The van der Waals surface area contributed by atoms with Crippen LogP contribution in [0.25, 0.3) is 0 Å². The topological polar surface area (TPSA) is 0 Å². The van der Waals surface area contributed by atoms with Crippen LogP contribution in [-0.4, -0.2) is 5.16 Å². The van der Waals surface area contributed by atoms with Crippen LogP contribution in [0.15, 0.2) is 34.4 Å². The Bertz CT molecular complexity index is 879. The van der Waals surface area contributed by atoms with Crippen LogP contribution in [0.2, 0.25) is 0 Å². The molecule has 0 bridgehead atoms. The third-order valence-corrected chi connectivity index (χ3v) is 7.58. The molecule has 0 heterocycles. The molecule has 0 nitrogen and oxygen atoms in total. The van der Waals surface area contributed by atoms with E-state index in [2.05, 4.69) is 0 Å². The number of alkyl halides is 9. The predicted octanol–water partition coefficient (Wildman–Crippen LogP) is 7.88. The summed E-state index contributed by atoms with van der Waals surface area (Å²) in [5, 5.41) is -2.21. The van der Waals surface area contributed by atoms with Crippen molar-refractivity contribution >= 4 is 13.9 Å². The molecule has 0 amide bonds. The lowest BCUT2D eigenvalue weighted by Crippen LogP contribution is -2.33. The van der Waals surface area contributed by atoms with Crippen LogP contribution in [0.5, 0.6) is 0 Å². The van der Waals surface area contributed by atoms with Gasteiger partial charge in [-0.05, 0) is 62.7 Å². The Kier molecular flexibility index (Phi) is 6.25. The third-order valence-electron chi connectivity index (χ3n) is 5.69. The Morgan fingerprint density at radius 3 is 1.53 bits per heavy atom. The van der Waals surface area contributed by atoms with Gasteiger partial charge in [0, 0.05) is 5.16 Å². The Hall–Kier alpha value is -1.50. The first-order chi connectivity index (χ1) is 13.3. The van der Waals surface area contributed by atoms with Crippen molar-refractivity contribution in [2.45, 2.75) is 64.7 Å². The Morgan fingerprint density at radius 1 is 0.733 bits per heavy atom. The van der Waals surface area contributed by atoms with E-state index >= 15 is 0 Å². The van der Waals surface area contributed by atoms with Crippen LogP contribution in [0.3, 0.4) is 0 Å². The van der Waals surface area contributed by atoms with E-state index < -0.39 is 54.3 Å². The van der Waals surface area contributed by atoms with Crippen molar-refractivity contribution in [1.82, 2.24) is 0 Å². The molecule has 168 valence electrons. The van der Waals surface area contributed by atoms with Gasteiger partial charge in [-0.25, -0.2) is 0 Å². The summed E-state index contributed by atoms with van der Waals surface area (Å²) in [5.41, 5.74) is -2.62. The van der Waals surface area contributed by atoms with Gasteiger partial charge in [-0.2, -0.15) is 39.5 Å². The van der Waals surface area contributed by atoms with Crippen LogP contribution in [0.1, 0.15) is 57.7 Å². The van der Waals surface area contributed by atoms with Gasteiger partial charge in [0.05, 0.1) is 16.7 Å². The summed E-state index contributed by atoms with van der Waals surface area (Å²) in [6.45, 7) is 8.49. The van der Waals surface area contributed by atoms with E-state index in [0.717, 1.165) is 16.7 Å². The van der Waals surface area contributed by atoms with Gasteiger partial charge < -0.3 is 0 Å². The first kappa shape index (κ1) is 24.8. The van der Waals surface area contributed by atoms with E-state index in [9.17, 15) is 39.5 Å². The predicted molar refractivity (Wildman–Crippen MR) is 99.2 cm³/mol.